The lowest BCUT2D eigenvalue weighted by Gasteiger charge is -2.38. The van der Waals surface area contributed by atoms with E-state index < -0.39 is 0 Å². The van der Waals surface area contributed by atoms with Gasteiger partial charge in [0.15, 0.2) is 0 Å². The summed E-state index contributed by atoms with van der Waals surface area (Å²) >= 11 is 0. The SMILES string of the molecule is COc1cccc(N2CCN(C(C)C(N)=O)CC2)c1. The van der Waals surface area contributed by atoms with Crippen LogP contribution in [0.3, 0.4) is 0 Å². The van der Waals surface area contributed by atoms with Gasteiger partial charge in [0, 0.05) is 37.9 Å². The van der Waals surface area contributed by atoms with E-state index in [1.165, 1.54) is 0 Å². The standard InChI is InChI=1S/C14H21N3O2/c1-11(14(15)18)16-6-8-17(9-7-16)12-4-3-5-13(10-12)19-2/h3-5,10-11H,6-9H2,1-2H3,(H2,15,18). The predicted molar refractivity (Wildman–Crippen MR) is 75.4 cm³/mol. The number of piperazine rings is 1. The van der Waals surface area contributed by atoms with Crippen molar-refractivity contribution in [3.05, 3.63) is 24.3 Å². The maximum atomic E-state index is 11.2. The molecule has 1 amide bonds. The second kappa shape index (κ2) is 5.93. The molecule has 0 aromatic heterocycles. The van der Waals surface area contributed by atoms with Gasteiger partial charge in [0.1, 0.15) is 5.75 Å². The molecule has 2 rings (SSSR count). The number of amides is 1. The Labute approximate surface area is 113 Å². The molecular formula is C14H21N3O2. The number of anilines is 1. The maximum absolute atomic E-state index is 11.2. The molecule has 1 aromatic rings. The van der Waals surface area contributed by atoms with Crippen molar-refractivity contribution in [2.45, 2.75) is 13.0 Å². The molecule has 1 aromatic carbocycles. The molecule has 0 radical (unpaired) electrons. The monoisotopic (exact) mass is 263 g/mol. The van der Waals surface area contributed by atoms with Gasteiger partial charge in [-0.3, -0.25) is 9.69 Å². The first kappa shape index (κ1) is 13.7. The summed E-state index contributed by atoms with van der Waals surface area (Å²) in [4.78, 5) is 15.6. The summed E-state index contributed by atoms with van der Waals surface area (Å²) in [5, 5.41) is 0. The minimum absolute atomic E-state index is 0.188. The van der Waals surface area contributed by atoms with E-state index in [-0.39, 0.29) is 11.9 Å². The average Bonchev–Trinajstić information content (AvgIpc) is 2.46. The van der Waals surface area contributed by atoms with E-state index in [4.69, 9.17) is 10.5 Å². The topological polar surface area (TPSA) is 58.8 Å². The van der Waals surface area contributed by atoms with E-state index in [2.05, 4.69) is 15.9 Å². The third kappa shape index (κ3) is 3.17. The zero-order chi connectivity index (χ0) is 13.8. The third-order valence-corrected chi connectivity index (χ3v) is 3.69. The molecule has 19 heavy (non-hydrogen) atoms. The number of nitrogens with zero attached hydrogens (tertiary/aromatic N) is 2. The Morgan fingerprint density at radius 3 is 2.58 bits per heavy atom. The Kier molecular flexibility index (Phi) is 4.27. The quantitative estimate of drug-likeness (QED) is 0.868. The number of nitrogens with two attached hydrogens (primary N) is 1. The van der Waals surface area contributed by atoms with Gasteiger partial charge >= 0.3 is 0 Å². The number of primary amides is 1. The van der Waals surface area contributed by atoms with Crippen LogP contribution in [-0.4, -0.2) is 50.1 Å². The molecule has 5 heteroatoms. The molecule has 1 aliphatic heterocycles. The fourth-order valence-corrected chi connectivity index (χ4v) is 2.35. The Morgan fingerprint density at radius 2 is 2.00 bits per heavy atom. The van der Waals surface area contributed by atoms with Crippen molar-refractivity contribution >= 4 is 11.6 Å². The van der Waals surface area contributed by atoms with Crippen molar-refractivity contribution in [2.24, 2.45) is 5.73 Å². The summed E-state index contributed by atoms with van der Waals surface area (Å²) < 4.78 is 5.24. The van der Waals surface area contributed by atoms with Crippen LogP contribution in [-0.2, 0) is 4.79 Å². The molecular weight excluding hydrogens is 242 g/mol. The highest BCUT2D eigenvalue weighted by Crippen LogP contribution is 2.22. The first-order chi connectivity index (χ1) is 9.11. The number of benzene rings is 1. The van der Waals surface area contributed by atoms with Crippen LogP contribution in [0.15, 0.2) is 24.3 Å². The largest absolute Gasteiger partial charge is 0.497 e. The zero-order valence-electron chi connectivity index (χ0n) is 11.5. The summed E-state index contributed by atoms with van der Waals surface area (Å²) in [7, 11) is 1.67. The van der Waals surface area contributed by atoms with Gasteiger partial charge in [-0.25, -0.2) is 0 Å². The molecule has 1 aliphatic rings. The zero-order valence-corrected chi connectivity index (χ0v) is 11.5. The lowest BCUT2D eigenvalue weighted by molar-refractivity contribution is -0.122. The molecule has 104 valence electrons. The number of hydrogen-bond donors (Lipinski definition) is 1. The van der Waals surface area contributed by atoms with E-state index in [0.717, 1.165) is 37.6 Å². The molecule has 0 aliphatic carbocycles. The van der Waals surface area contributed by atoms with Crippen molar-refractivity contribution < 1.29 is 9.53 Å². The predicted octanol–water partition coefficient (Wildman–Crippen LogP) is 0.691. The molecule has 0 spiro atoms. The average molecular weight is 263 g/mol. The van der Waals surface area contributed by atoms with Crippen LogP contribution >= 0.6 is 0 Å². The van der Waals surface area contributed by atoms with Gasteiger partial charge in [-0.2, -0.15) is 0 Å². The van der Waals surface area contributed by atoms with E-state index in [1.54, 1.807) is 7.11 Å². The number of rotatable bonds is 4. The second-order valence-corrected chi connectivity index (χ2v) is 4.80. The number of ether oxygens (including phenoxy) is 1. The highest BCUT2D eigenvalue weighted by Gasteiger charge is 2.24. The fraction of sp³-hybridized carbons (Fsp3) is 0.500. The molecule has 2 N–H and O–H groups in total. The third-order valence-electron chi connectivity index (χ3n) is 3.69. The molecule has 5 nitrogen and oxygen atoms in total. The highest BCUT2D eigenvalue weighted by atomic mass is 16.5. The normalized spacial score (nSPS) is 18.1. The minimum atomic E-state index is -0.255. The molecule has 1 atom stereocenters. The van der Waals surface area contributed by atoms with Crippen LogP contribution in [0.4, 0.5) is 5.69 Å². The summed E-state index contributed by atoms with van der Waals surface area (Å²) in [5.41, 5.74) is 6.50. The van der Waals surface area contributed by atoms with Crippen molar-refractivity contribution in [2.75, 3.05) is 38.2 Å². The maximum Gasteiger partial charge on any atom is 0.234 e. The first-order valence-corrected chi connectivity index (χ1v) is 6.54. The molecule has 1 saturated heterocycles. The molecule has 1 unspecified atom stereocenters. The van der Waals surface area contributed by atoms with Crippen LogP contribution < -0.4 is 15.4 Å². The summed E-state index contributed by atoms with van der Waals surface area (Å²) in [5.74, 6) is 0.611. The van der Waals surface area contributed by atoms with Crippen LogP contribution in [0.5, 0.6) is 5.75 Å². The molecule has 0 saturated carbocycles. The van der Waals surface area contributed by atoms with Crippen LogP contribution in [0.2, 0.25) is 0 Å². The van der Waals surface area contributed by atoms with Crippen LogP contribution in [0.25, 0.3) is 0 Å². The lowest BCUT2D eigenvalue weighted by Crippen LogP contribution is -2.53. The Bertz CT molecular complexity index is 442. The molecule has 0 bridgehead atoms. The number of carbonyl (C=O) groups excluding carboxylic acids is 1. The second-order valence-electron chi connectivity index (χ2n) is 4.80. The fourth-order valence-electron chi connectivity index (χ4n) is 2.35. The lowest BCUT2D eigenvalue weighted by atomic mass is 10.2. The van der Waals surface area contributed by atoms with Gasteiger partial charge in [0.25, 0.3) is 0 Å². The van der Waals surface area contributed by atoms with Crippen molar-refractivity contribution in [3.8, 4) is 5.75 Å². The molecule has 1 fully saturated rings. The summed E-state index contributed by atoms with van der Waals surface area (Å²) in [6.45, 7) is 5.35. The van der Waals surface area contributed by atoms with Gasteiger partial charge < -0.3 is 15.4 Å². The van der Waals surface area contributed by atoms with Crippen LogP contribution in [0.1, 0.15) is 6.92 Å². The van der Waals surface area contributed by atoms with Crippen molar-refractivity contribution in [1.29, 1.82) is 0 Å². The Hall–Kier alpha value is -1.75. The van der Waals surface area contributed by atoms with Gasteiger partial charge in [0.2, 0.25) is 5.91 Å². The smallest absolute Gasteiger partial charge is 0.234 e. The molecule has 1 heterocycles. The first-order valence-electron chi connectivity index (χ1n) is 6.54. The van der Waals surface area contributed by atoms with Crippen LogP contribution in [0, 0.1) is 0 Å². The minimum Gasteiger partial charge on any atom is -0.497 e. The Morgan fingerprint density at radius 1 is 1.32 bits per heavy atom. The Balaban J connectivity index is 1.97. The number of carbonyl (C=O) groups is 1. The van der Waals surface area contributed by atoms with Gasteiger partial charge in [-0.05, 0) is 19.1 Å². The van der Waals surface area contributed by atoms with E-state index in [1.807, 2.05) is 25.1 Å². The number of methoxy groups -OCH3 is 1. The van der Waals surface area contributed by atoms with Gasteiger partial charge in [-0.1, -0.05) is 6.07 Å². The number of hydrogen-bond acceptors (Lipinski definition) is 4. The van der Waals surface area contributed by atoms with E-state index in [9.17, 15) is 4.79 Å². The van der Waals surface area contributed by atoms with Crippen molar-refractivity contribution in [3.63, 3.8) is 0 Å². The van der Waals surface area contributed by atoms with Crippen molar-refractivity contribution in [1.82, 2.24) is 4.90 Å². The summed E-state index contributed by atoms with van der Waals surface area (Å²) in [6.07, 6.45) is 0. The highest BCUT2D eigenvalue weighted by molar-refractivity contribution is 5.79. The van der Waals surface area contributed by atoms with Gasteiger partial charge in [0.05, 0.1) is 13.2 Å². The summed E-state index contributed by atoms with van der Waals surface area (Å²) in [6, 6.07) is 7.86. The van der Waals surface area contributed by atoms with Gasteiger partial charge in [-0.15, -0.1) is 0 Å². The van der Waals surface area contributed by atoms with E-state index >= 15 is 0 Å². The van der Waals surface area contributed by atoms with E-state index in [0.29, 0.717) is 0 Å².